The Morgan fingerprint density at radius 2 is 2.00 bits per heavy atom. The minimum Gasteiger partial charge on any atom is -0.253 e. The largest absolute Gasteiger partial charge is 0.253 e. The van der Waals surface area contributed by atoms with Gasteiger partial charge in [0.1, 0.15) is 5.82 Å². The van der Waals surface area contributed by atoms with Crippen molar-refractivity contribution in [1.82, 2.24) is 4.98 Å². The van der Waals surface area contributed by atoms with Crippen molar-refractivity contribution >= 4 is 45.9 Å². The second-order valence-electron chi connectivity index (χ2n) is 4.59. The number of halogens is 3. The summed E-state index contributed by atoms with van der Waals surface area (Å²) in [5, 5.41) is 7.55. The van der Waals surface area contributed by atoms with Crippen molar-refractivity contribution < 1.29 is 4.39 Å². The summed E-state index contributed by atoms with van der Waals surface area (Å²) in [5.74, 6) is -0.301. The van der Waals surface area contributed by atoms with Gasteiger partial charge in [0.2, 0.25) is 5.13 Å². The monoisotopic (exact) mass is 365 g/mol. The summed E-state index contributed by atoms with van der Waals surface area (Å²) in [6.45, 7) is 0. The van der Waals surface area contributed by atoms with Crippen LogP contribution < -0.4 is 5.43 Å². The predicted molar refractivity (Wildman–Crippen MR) is 95.2 cm³/mol. The maximum absolute atomic E-state index is 13.1. The lowest BCUT2D eigenvalue weighted by molar-refractivity contribution is 0.627. The van der Waals surface area contributed by atoms with Crippen molar-refractivity contribution in [2.75, 3.05) is 5.43 Å². The van der Waals surface area contributed by atoms with Crippen LogP contribution in [0.1, 0.15) is 5.56 Å². The summed E-state index contributed by atoms with van der Waals surface area (Å²) >= 11 is 13.3. The molecule has 3 nitrogen and oxygen atoms in total. The van der Waals surface area contributed by atoms with Crippen LogP contribution in [0.25, 0.3) is 11.3 Å². The van der Waals surface area contributed by atoms with Crippen molar-refractivity contribution in [1.29, 1.82) is 0 Å². The van der Waals surface area contributed by atoms with Gasteiger partial charge in [-0.3, -0.25) is 5.43 Å². The smallest absolute Gasteiger partial charge is 0.203 e. The molecule has 23 heavy (non-hydrogen) atoms. The molecule has 0 aliphatic rings. The first-order valence-electron chi connectivity index (χ1n) is 6.57. The minimum atomic E-state index is -0.301. The molecule has 7 heteroatoms. The quantitative estimate of drug-likeness (QED) is 0.475. The van der Waals surface area contributed by atoms with Crippen LogP contribution in [0.2, 0.25) is 10.0 Å². The van der Waals surface area contributed by atoms with Crippen molar-refractivity contribution in [2.45, 2.75) is 0 Å². The van der Waals surface area contributed by atoms with Gasteiger partial charge in [0, 0.05) is 10.9 Å². The average molecular weight is 366 g/mol. The molecule has 0 aliphatic heterocycles. The Morgan fingerprint density at radius 1 is 1.13 bits per heavy atom. The third-order valence-electron chi connectivity index (χ3n) is 2.94. The summed E-state index contributed by atoms with van der Waals surface area (Å²) in [6, 6.07) is 11.5. The molecule has 0 bridgehead atoms. The molecule has 1 heterocycles. The van der Waals surface area contributed by atoms with Gasteiger partial charge in [0.05, 0.1) is 22.0 Å². The van der Waals surface area contributed by atoms with Crippen molar-refractivity contribution in [3.63, 3.8) is 0 Å². The zero-order valence-corrected chi connectivity index (χ0v) is 14.0. The number of benzene rings is 2. The molecule has 3 rings (SSSR count). The molecule has 116 valence electrons. The number of aromatic nitrogens is 1. The maximum Gasteiger partial charge on any atom is 0.203 e. The highest BCUT2D eigenvalue weighted by Gasteiger charge is 2.06. The molecule has 0 atom stereocenters. The highest BCUT2D eigenvalue weighted by Crippen LogP contribution is 2.30. The lowest BCUT2D eigenvalue weighted by atomic mass is 10.2. The first-order chi connectivity index (χ1) is 11.1. The molecule has 2 aromatic carbocycles. The number of hydrogen-bond acceptors (Lipinski definition) is 4. The maximum atomic E-state index is 13.1. The van der Waals surface area contributed by atoms with E-state index in [1.807, 2.05) is 11.4 Å². The number of anilines is 1. The number of nitrogens with zero attached hydrogens (tertiary/aromatic N) is 2. The molecule has 0 saturated heterocycles. The Morgan fingerprint density at radius 3 is 2.78 bits per heavy atom. The van der Waals surface area contributed by atoms with E-state index in [0.29, 0.717) is 20.7 Å². The second-order valence-corrected chi connectivity index (χ2v) is 6.26. The van der Waals surface area contributed by atoms with Gasteiger partial charge < -0.3 is 0 Å². The SMILES string of the molecule is Fc1cccc(/C=N\Nc2nc(-c3ccc(Cl)c(Cl)c3)cs2)c1. The van der Waals surface area contributed by atoms with Gasteiger partial charge in [-0.2, -0.15) is 5.10 Å². The molecule has 0 fully saturated rings. The molecule has 1 aromatic heterocycles. The van der Waals surface area contributed by atoms with E-state index in [1.165, 1.54) is 29.7 Å². The Bertz CT molecular complexity index is 864. The fourth-order valence-corrected chi connectivity index (χ4v) is 2.83. The Hall–Kier alpha value is -1.95. The third kappa shape index (κ3) is 4.07. The number of hydrogen-bond donors (Lipinski definition) is 1. The van der Waals surface area contributed by atoms with Crippen LogP contribution in [0.15, 0.2) is 52.9 Å². The van der Waals surface area contributed by atoms with E-state index in [2.05, 4.69) is 15.5 Å². The first kappa shape index (κ1) is 15.9. The topological polar surface area (TPSA) is 37.3 Å². The molecular weight excluding hydrogens is 356 g/mol. The number of hydrazone groups is 1. The van der Waals surface area contributed by atoms with E-state index < -0.39 is 0 Å². The van der Waals surface area contributed by atoms with Crippen LogP contribution in [0, 0.1) is 5.82 Å². The minimum absolute atomic E-state index is 0.301. The second kappa shape index (κ2) is 7.08. The van der Waals surface area contributed by atoms with Crippen molar-refractivity contribution in [3.8, 4) is 11.3 Å². The van der Waals surface area contributed by atoms with E-state index in [0.717, 1.165) is 11.3 Å². The van der Waals surface area contributed by atoms with E-state index in [4.69, 9.17) is 23.2 Å². The number of thiazole rings is 1. The van der Waals surface area contributed by atoms with E-state index in [-0.39, 0.29) is 5.82 Å². The summed E-state index contributed by atoms with van der Waals surface area (Å²) in [6.07, 6.45) is 1.53. The standard InChI is InChI=1S/C16H10Cl2FN3S/c17-13-5-4-11(7-14(13)18)15-9-23-16(21-15)22-20-8-10-2-1-3-12(19)6-10/h1-9H,(H,21,22)/b20-8-. The van der Waals surface area contributed by atoms with Gasteiger partial charge in [0.25, 0.3) is 0 Å². The lowest BCUT2D eigenvalue weighted by Gasteiger charge is -1.99. The zero-order valence-electron chi connectivity index (χ0n) is 11.6. The summed E-state index contributed by atoms with van der Waals surface area (Å²) < 4.78 is 13.1. The van der Waals surface area contributed by atoms with Crippen molar-refractivity contribution in [2.24, 2.45) is 5.10 Å². The van der Waals surface area contributed by atoms with E-state index >= 15 is 0 Å². The predicted octanol–water partition coefficient (Wildman–Crippen LogP) is 5.70. The van der Waals surface area contributed by atoms with Gasteiger partial charge in [-0.25, -0.2) is 9.37 Å². The third-order valence-corrected chi connectivity index (χ3v) is 4.43. The van der Waals surface area contributed by atoms with Crippen LogP contribution in [0.3, 0.4) is 0 Å². The van der Waals surface area contributed by atoms with Crippen LogP contribution in [-0.4, -0.2) is 11.2 Å². The van der Waals surface area contributed by atoms with Gasteiger partial charge in [-0.1, -0.05) is 41.4 Å². The molecule has 0 aliphatic carbocycles. The van der Waals surface area contributed by atoms with Gasteiger partial charge in [0.15, 0.2) is 0 Å². The highest BCUT2D eigenvalue weighted by atomic mass is 35.5. The lowest BCUT2D eigenvalue weighted by Crippen LogP contribution is -1.90. The Labute approximate surface area is 146 Å². The Kier molecular flexibility index (Phi) is 4.91. The van der Waals surface area contributed by atoms with E-state index in [1.54, 1.807) is 24.3 Å². The first-order valence-corrected chi connectivity index (χ1v) is 8.21. The average Bonchev–Trinajstić information content (AvgIpc) is 2.99. The molecule has 3 aromatic rings. The summed E-state index contributed by atoms with van der Waals surface area (Å²) in [4.78, 5) is 4.42. The van der Waals surface area contributed by atoms with Gasteiger partial charge in [-0.05, 0) is 29.8 Å². The number of nitrogens with one attached hydrogen (secondary N) is 1. The summed E-state index contributed by atoms with van der Waals surface area (Å²) in [7, 11) is 0. The zero-order chi connectivity index (χ0) is 16.2. The van der Waals surface area contributed by atoms with Gasteiger partial charge in [-0.15, -0.1) is 11.3 Å². The molecule has 0 unspecified atom stereocenters. The highest BCUT2D eigenvalue weighted by molar-refractivity contribution is 7.14. The molecule has 0 spiro atoms. The fourth-order valence-electron chi connectivity index (χ4n) is 1.86. The fraction of sp³-hybridized carbons (Fsp3) is 0. The van der Waals surface area contributed by atoms with Crippen LogP contribution >= 0.6 is 34.5 Å². The van der Waals surface area contributed by atoms with Crippen LogP contribution in [-0.2, 0) is 0 Å². The van der Waals surface area contributed by atoms with Gasteiger partial charge >= 0.3 is 0 Å². The molecule has 1 N–H and O–H groups in total. The van der Waals surface area contributed by atoms with Crippen LogP contribution in [0.4, 0.5) is 9.52 Å². The normalized spacial score (nSPS) is 11.1. The Balaban J connectivity index is 1.71. The number of rotatable bonds is 4. The molecular formula is C16H10Cl2FN3S. The van der Waals surface area contributed by atoms with Crippen molar-refractivity contribution in [3.05, 3.63) is 69.3 Å². The summed E-state index contributed by atoms with van der Waals surface area (Å²) in [5.41, 5.74) is 5.14. The van der Waals surface area contributed by atoms with Crippen LogP contribution in [0.5, 0.6) is 0 Å². The molecule has 0 saturated carbocycles. The molecule has 0 radical (unpaired) electrons. The van der Waals surface area contributed by atoms with E-state index in [9.17, 15) is 4.39 Å². The molecule has 0 amide bonds.